The number of allylic oxidation sites excluding steroid dienone is 2. The molecule has 0 saturated heterocycles. The molecule has 0 aliphatic heterocycles. The highest BCUT2D eigenvalue weighted by Crippen LogP contribution is 2.29. The Hall–Kier alpha value is -0.416. The molecule has 0 N–H and O–H groups in total. The van der Waals surface area contributed by atoms with E-state index in [-0.39, 0.29) is 0 Å². The minimum absolute atomic E-state index is 1.04. The first-order valence-electron chi connectivity index (χ1n) is 13.3. The van der Waals surface area contributed by atoms with Crippen LogP contribution in [0.4, 0.5) is 0 Å². The number of aliphatic imine (C=N–C) groups is 1. The molecule has 30 heavy (non-hydrogen) atoms. The third-order valence-electron chi connectivity index (χ3n) is 6.62. The second kappa shape index (κ2) is 19.3. The van der Waals surface area contributed by atoms with Gasteiger partial charge >= 0.3 is 0 Å². The Kier molecular flexibility index (Phi) is 19.0. The van der Waals surface area contributed by atoms with E-state index in [1.807, 2.05) is 0 Å². The third-order valence-corrected chi connectivity index (χ3v) is 17.0. The first-order valence-corrected chi connectivity index (χ1v) is 18.7. The Morgan fingerprint density at radius 1 is 0.567 bits per heavy atom. The van der Waals surface area contributed by atoms with Gasteiger partial charge in [0.1, 0.15) is 0 Å². The zero-order chi connectivity index (χ0) is 22.6. The molecule has 0 heterocycles. The van der Waals surface area contributed by atoms with Gasteiger partial charge in [0.05, 0.1) is 16.1 Å². The molecule has 0 unspecified atom stereocenters. The van der Waals surface area contributed by atoms with Gasteiger partial charge in [0, 0.05) is 6.54 Å². The van der Waals surface area contributed by atoms with Crippen molar-refractivity contribution >= 4 is 22.4 Å². The summed E-state index contributed by atoms with van der Waals surface area (Å²) in [6, 6.07) is 8.60. The molecule has 0 atom stereocenters. The largest absolute Gasteiger partial charge is 0.298 e. The Labute approximate surface area is 193 Å². The molecule has 0 aromatic heterocycles. The Morgan fingerprint density at radius 3 is 1.57 bits per heavy atom. The van der Waals surface area contributed by atoms with E-state index >= 15 is 0 Å². The van der Waals surface area contributed by atoms with Crippen LogP contribution in [0.3, 0.4) is 0 Å². The van der Waals surface area contributed by atoms with Gasteiger partial charge in [-0.15, -0.1) is 0 Å². The van der Waals surface area contributed by atoms with Gasteiger partial charge in [-0.05, 0) is 32.5 Å². The summed E-state index contributed by atoms with van der Waals surface area (Å²) in [5.41, 5.74) is 5.24. The Morgan fingerprint density at radius 2 is 1.03 bits per heavy atom. The molecule has 0 aromatic rings. The van der Waals surface area contributed by atoms with Crippen molar-refractivity contribution in [2.45, 2.75) is 136 Å². The molecule has 3 heteroatoms. The first-order chi connectivity index (χ1) is 14.6. The van der Waals surface area contributed by atoms with Crippen LogP contribution >= 0.6 is 0 Å². The zero-order valence-electron chi connectivity index (χ0n) is 21.6. The van der Waals surface area contributed by atoms with Gasteiger partial charge in [0.25, 0.3) is 0 Å². The molecular formula is C27H55NSi2. The van der Waals surface area contributed by atoms with Crippen LogP contribution in [-0.4, -0.2) is 28.9 Å². The summed E-state index contributed by atoms with van der Waals surface area (Å²) < 4.78 is 0. The van der Waals surface area contributed by atoms with Gasteiger partial charge in [-0.3, -0.25) is 4.99 Å². The topological polar surface area (TPSA) is 12.4 Å². The van der Waals surface area contributed by atoms with E-state index in [1.54, 1.807) is 0 Å². The fourth-order valence-corrected chi connectivity index (χ4v) is 14.7. The highest BCUT2D eigenvalue weighted by Gasteiger charge is 2.27. The van der Waals surface area contributed by atoms with Crippen LogP contribution in [0, 0.1) is 0 Å². The smallest absolute Gasteiger partial charge is 0.0825 e. The molecule has 0 aliphatic rings. The summed E-state index contributed by atoms with van der Waals surface area (Å²) in [5, 5.41) is 0. The Bertz CT molecular complexity index is 455. The Balaban J connectivity index is 4.18. The van der Waals surface area contributed by atoms with Gasteiger partial charge in [-0.1, -0.05) is 133 Å². The van der Waals surface area contributed by atoms with E-state index < -0.39 is 16.1 Å². The lowest BCUT2D eigenvalue weighted by atomic mass is 10.1. The van der Waals surface area contributed by atoms with Crippen molar-refractivity contribution < 1.29 is 0 Å². The van der Waals surface area contributed by atoms with E-state index in [1.165, 1.54) is 94.1 Å². The van der Waals surface area contributed by atoms with E-state index in [4.69, 9.17) is 4.99 Å². The predicted octanol–water partition coefficient (Wildman–Crippen LogP) is 9.78. The molecule has 0 saturated carbocycles. The van der Waals surface area contributed by atoms with Crippen LogP contribution in [-0.2, 0) is 0 Å². The minimum Gasteiger partial charge on any atom is -0.298 e. The van der Waals surface area contributed by atoms with E-state index in [2.05, 4.69) is 71.3 Å². The second-order valence-electron chi connectivity index (χ2n) is 9.54. The SMILES string of the molecule is C/C=C/[Si](CC=NCCCCCCC[Si](/C=C/C)(CCC)CCC)(CCC)CCC. The molecule has 1 nitrogen and oxygen atoms in total. The van der Waals surface area contributed by atoms with Crippen LogP contribution in [0.2, 0.25) is 36.3 Å². The fraction of sp³-hybridized carbons (Fsp3) is 0.815. The second-order valence-corrected chi connectivity index (χ2v) is 18.6. The van der Waals surface area contributed by atoms with E-state index in [0.717, 1.165) is 6.54 Å². The standard InChI is InChI=1S/C27H55NSi2/c1-7-20-29(21-8-2,22-9-3)26-17-15-13-14-16-18-28-19-27-30(23-10-4,24-11-5)25-12-6/h7,10,19-20,23H,8-9,11-18,21-22,24-27H2,1-6H3/b20-7+,23-10+,28-19?. The number of hydrogen-bond acceptors (Lipinski definition) is 1. The summed E-state index contributed by atoms with van der Waals surface area (Å²) in [6.07, 6.45) is 19.2. The van der Waals surface area contributed by atoms with Crippen LogP contribution in [0.5, 0.6) is 0 Å². The number of rotatable bonds is 20. The minimum atomic E-state index is -1.25. The molecule has 0 rings (SSSR count). The normalized spacial score (nSPS) is 13.4. The van der Waals surface area contributed by atoms with Crippen LogP contribution < -0.4 is 0 Å². The van der Waals surface area contributed by atoms with Gasteiger partial charge in [0.2, 0.25) is 0 Å². The maximum atomic E-state index is 4.81. The average Bonchev–Trinajstić information content (AvgIpc) is 2.70. The highest BCUT2D eigenvalue weighted by atomic mass is 28.3. The predicted molar refractivity (Wildman–Crippen MR) is 148 cm³/mol. The van der Waals surface area contributed by atoms with E-state index in [9.17, 15) is 0 Å². The molecule has 0 spiro atoms. The molecule has 0 aromatic carbocycles. The molecule has 0 amide bonds. The molecule has 0 radical (unpaired) electrons. The summed E-state index contributed by atoms with van der Waals surface area (Å²) in [5.74, 6) is 0. The summed E-state index contributed by atoms with van der Waals surface area (Å²) in [7, 11) is -2.38. The number of unbranched alkanes of at least 4 members (excludes halogenated alkanes) is 4. The van der Waals surface area contributed by atoms with Gasteiger partial charge < -0.3 is 0 Å². The van der Waals surface area contributed by atoms with Crippen molar-refractivity contribution in [2.75, 3.05) is 6.54 Å². The van der Waals surface area contributed by atoms with Crippen LogP contribution in [0.1, 0.15) is 99.3 Å². The maximum absolute atomic E-state index is 4.81. The molecule has 176 valence electrons. The van der Waals surface area contributed by atoms with Crippen molar-refractivity contribution in [1.29, 1.82) is 0 Å². The molecule has 0 bridgehead atoms. The lowest BCUT2D eigenvalue weighted by Gasteiger charge is -2.28. The highest BCUT2D eigenvalue weighted by molar-refractivity contribution is 6.86. The zero-order valence-corrected chi connectivity index (χ0v) is 23.6. The average molecular weight is 450 g/mol. The quantitative estimate of drug-likeness (QED) is 0.0995. The van der Waals surface area contributed by atoms with Gasteiger partial charge in [-0.2, -0.15) is 0 Å². The van der Waals surface area contributed by atoms with Crippen molar-refractivity contribution in [3.63, 3.8) is 0 Å². The molecule has 0 aliphatic carbocycles. The van der Waals surface area contributed by atoms with Crippen molar-refractivity contribution in [3.8, 4) is 0 Å². The van der Waals surface area contributed by atoms with Crippen molar-refractivity contribution in [1.82, 2.24) is 0 Å². The van der Waals surface area contributed by atoms with Crippen LogP contribution in [0.25, 0.3) is 0 Å². The summed E-state index contributed by atoms with van der Waals surface area (Å²) in [4.78, 5) is 4.81. The van der Waals surface area contributed by atoms with Crippen molar-refractivity contribution in [3.05, 3.63) is 23.6 Å². The fourth-order valence-electron chi connectivity index (χ4n) is 5.44. The first kappa shape index (κ1) is 29.6. The monoisotopic (exact) mass is 449 g/mol. The van der Waals surface area contributed by atoms with Gasteiger partial charge in [-0.25, -0.2) is 0 Å². The van der Waals surface area contributed by atoms with Crippen LogP contribution in [0.15, 0.2) is 28.5 Å². The number of hydrogen-bond donors (Lipinski definition) is 0. The lowest BCUT2D eigenvalue weighted by Crippen LogP contribution is -2.32. The van der Waals surface area contributed by atoms with Gasteiger partial charge in [0.15, 0.2) is 0 Å². The maximum Gasteiger partial charge on any atom is 0.0825 e. The molecular weight excluding hydrogens is 394 g/mol. The summed E-state index contributed by atoms with van der Waals surface area (Å²) in [6.45, 7) is 14.9. The molecule has 0 fully saturated rings. The third kappa shape index (κ3) is 13.1. The lowest BCUT2D eigenvalue weighted by molar-refractivity contribution is 0.635. The van der Waals surface area contributed by atoms with Crippen molar-refractivity contribution in [2.24, 2.45) is 4.99 Å². The van der Waals surface area contributed by atoms with E-state index in [0.29, 0.717) is 0 Å². The summed E-state index contributed by atoms with van der Waals surface area (Å²) >= 11 is 0. The number of nitrogens with zero attached hydrogens (tertiary/aromatic N) is 1.